The normalized spacial score (nSPS) is 9.62. The van der Waals surface area contributed by atoms with Gasteiger partial charge in [0.1, 0.15) is 11.3 Å². The Labute approximate surface area is 73.8 Å². The fourth-order valence-corrected chi connectivity index (χ4v) is 0.870. The molecule has 0 bridgehead atoms. The van der Waals surface area contributed by atoms with E-state index in [-0.39, 0.29) is 11.3 Å². The van der Waals surface area contributed by atoms with Gasteiger partial charge in [0.25, 0.3) is 0 Å². The highest BCUT2D eigenvalue weighted by Gasteiger charge is 2.16. The van der Waals surface area contributed by atoms with Crippen LogP contribution in [0.15, 0.2) is 12.1 Å². The molecule has 1 rings (SSSR count). The number of phenols is 3. The van der Waals surface area contributed by atoms with Gasteiger partial charge in [-0.25, -0.2) is 4.79 Å². The van der Waals surface area contributed by atoms with E-state index >= 15 is 0 Å². The molecular weight excluding hydrogens is 176 g/mol. The van der Waals surface area contributed by atoms with Crippen molar-refractivity contribution in [1.29, 1.82) is 0 Å². The number of methoxy groups -OCH3 is 1. The van der Waals surface area contributed by atoms with Crippen molar-refractivity contribution in [3.05, 3.63) is 17.7 Å². The van der Waals surface area contributed by atoms with E-state index in [1.54, 1.807) is 0 Å². The van der Waals surface area contributed by atoms with Gasteiger partial charge in [-0.05, 0) is 6.07 Å². The summed E-state index contributed by atoms with van der Waals surface area (Å²) in [5.41, 5.74) is -0.278. The third-order valence-electron chi connectivity index (χ3n) is 1.48. The van der Waals surface area contributed by atoms with Gasteiger partial charge in [-0.15, -0.1) is 0 Å². The lowest BCUT2D eigenvalue weighted by Gasteiger charge is -2.04. The van der Waals surface area contributed by atoms with Crippen LogP contribution in [0, 0.1) is 0 Å². The van der Waals surface area contributed by atoms with Crippen molar-refractivity contribution in [3.63, 3.8) is 0 Å². The van der Waals surface area contributed by atoms with Crippen LogP contribution >= 0.6 is 0 Å². The van der Waals surface area contributed by atoms with E-state index in [9.17, 15) is 4.79 Å². The Kier molecular flexibility index (Phi) is 2.27. The van der Waals surface area contributed by atoms with E-state index in [0.29, 0.717) is 0 Å². The minimum absolute atomic E-state index is 0.278. The van der Waals surface area contributed by atoms with Crippen molar-refractivity contribution in [2.75, 3.05) is 7.11 Å². The molecule has 5 nitrogen and oxygen atoms in total. The van der Waals surface area contributed by atoms with Gasteiger partial charge in [0.15, 0.2) is 11.5 Å². The number of benzene rings is 1. The Morgan fingerprint density at radius 2 is 1.92 bits per heavy atom. The number of esters is 1. The molecule has 0 spiro atoms. The van der Waals surface area contributed by atoms with Crippen LogP contribution in [-0.2, 0) is 4.74 Å². The Morgan fingerprint density at radius 3 is 2.46 bits per heavy atom. The highest BCUT2D eigenvalue weighted by Crippen LogP contribution is 2.33. The topological polar surface area (TPSA) is 87.0 Å². The van der Waals surface area contributed by atoms with E-state index in [1.807, 2.05) is 0 Å². The molecule has 5 heteroatoms. The van der Waals surface area contributed by atoms with Crippen molar-refractivity contribution in [1.82, 2.24) is 0 Å². The first-order chi connectivity index (χ1) is 6.06. The third-order valence-corrected chi connectivity index (χ3v) is 1.48. The number of rotatable bonds is 1. The highest BCUT2D eigenvalue weighted by atomic mass is 16.5. The molecular formula is C8H8O5. The third kappa shape index (κ3) is 1.64. The van der Waals surface area contributed by atoms with Crippen LogP contribution in [0.3, 0.4) is 0 Å². The molecule has 13 heavy (non-hydrogen) atoms. The van der Waals surface area contributed by atoms with Crippen molar-refractivity contribution in [2.24, 2.45) is 0 Å². The number of phenolic OH excluding ortho intramolecular Hbond substituents is 3. The molecule has 0 radical (unpaired) electrons. The summed E-state index contributed by atoms with van der Waals surface area (Å²) >= 11 is 0. The number of hydrogen-bond acceptors (Lipinski definition) is 5. The molecule has 0 amide bonds. The van der Waals surface area contributed by atoms with Gasteiger partial charge in [0, 0.05) is 6.07 Å². The zero-order valence-corrected chi connectivity index (χ0v) is 6.81. The Balaban J connectivity index is 3.28. The average Bonchev–Trinajstić information content (AvgIpc) is 2.10. The van der Waals surface area contributed by atoms with Crippen molar-refractivity contribution < 1.29 is 24.9 Å². The summed E-state index contributed by atoms with van der Waals surface area (Å²) in [6, 6.07) is 1.92. The summed E-state index contributed by atoms with van der Waals surface area (Å²) in [6.45, 7) is 0. The molecule has 1 aromatic rings. The lowest BCUT2D eigenvalue weighted by atomic mass is 10.2. The number of carbonyl (C=O) groups is 1. The minimum Gasteiger partial charge on any atom is -0.508 e. The molecule has 0 saturated carbocycles. The van der Waals surface area contributed by atoms with Crippen LogP contribution in [0.1, 0.15) is 10.4 Å². The van der Waals surface area contributed by atoms with Crippen molar-refractivity contribution >= 4 is 5.97 Å². The zero-order valence-electron chi connectivity index (χ0n) is 6.81. The molecule has 0 aromatic heterocycles. The predicted octanol–water partition coefficient (Wildman–Crippen LogP) is 0.590. The molecule has 0 heterocycles. The predicted molar refractivity (Wildman–Crippen MR) is 42.8 cm³/mol. The lowest BCUT2D eigenvalue weighted by Crippen LogP contribution is -2.01. The van der Waals surface area contributed by atoms with Crippen LogP contribution in [0.2, 0.25) is 0 Å². The van der Waals surface area contributed by atoms with Crippen LogP contribution in [-0.4, -0.2) is 28.4 Å². The molecule has 3 N–H and O–H groups in total. The van der Waals surface area contributed by atoms with Crippen molar-refractivity contribution in [2.45, 2.75) is 0 Å². The Hall–Kier alpha value is -1.91. The fraction of sp³-hybridized carbons (Fsp3) is 0.125. The molecule has 0 fully saturated rings. The summed E-state index contributed by atoms with van der Waals surface area (Å²) in [5, 5.41) is 27.2. The van der Waals surface area contributed by atoms with Gasteiger partial charge in [-0.2, -0.15) is 0 Å². The van der Waals surface area contributed by atoms with Gasteiger partial charge in [0.05, 0.1) is 7.11 Å². The van der Waals surface area contributed by atoms with Gasteiger partial charge >= 0.3 is 5.97 Å². The van der Waals surface area contributed by atoms with E-state index in [2.05, 4.69) is 4.74 Å². The largest absolute Gasteiger partial charge is 0.508 e. The van der Waals surface area contributed by atoms with E-state index in [1.165, 1.54) is 0 Å². The Morgan fingerprint density at radius 1 is 1.31 bits per heavy atom. The summed E-state index contributed by atoms with van der Waals surface area (Å²) in [6.07, 6.45) is 0. The summed E-state index contributed by atoms with van der Waals surface area (Å²) in [5.74, 6) is -2.33. The molecule has 0 unspecified atom stereocenters. The molecule has 70 valence electrons. The second-order valence-corrected chi connectivity index (χ2v) is 2.35. The van der Waals surface area contributed by atoms with Gasteiger partial charge in [-0.3, -0.25) is 0 Å². The first kappa shape index (κ1) is 9.18. The molecule has 0 saturated heterocycles. The van der Waals surface area contributed by atoms with Gasteiger partial charge in [0.2, 0.25) is 0 Å². The summed E-state index contributed by atoms with van der Waals surface area (Å²) in [4.78, 5) is 10.9. The van der Waals surface area contributed by atoms with Crippen LogP contribution in [0.4, 0.5) is 0 Å². The number of ether oxygens (including phenoxy) is 1. The Bertz CT molecular complexity index is 345. The quantitative estimate of drug-likeness (QED) is 0.338. The number of aromatic hydroxyl groups is 3. The maximum atomic E-state index is 10.9. The van der Waals surface area contributed by atoms with Crippen LogP contribution < -0.4 is 0 Å². The summed E-state index contributed by atoms with van der Waals surface area (Å²) in [7, 11) is 1.13. The first-order valence-corrected chi connectivity index (χ1v) is 3.39. The fourth-order valence-electron chi connectivity index (χ4n) is 0.870. The van der Waals surface area contributed by atoms with E-state index in [4.69, 9.17) is 15.3 Å². The molecule has 1 aromatic carbocycles. The van der Waals surface area contributed by atoms with Gasteiger partial charge < -0.3 is 20.1 Å². The van der Waals surface area contributed by atoms with Crippen molar-refractivity contribution in [3.8, 4) is 17.2 Å². The molecule has 0 aliphatic rings. The van der Waals surface area contributed by atoms with Crippen LogP contribution in [0.25, 0.3) is 0 Å². The molecule has 0 atom stereocenters. The minimum atomic E-state index is -0.830. The summed E-state index contributed by atoms with van der Waals surface area (Å²) < 4.78 is 4.31. The second-order valence-electron chi connectivity index (χ2n) is 2.35. The van der Waals surface area contributed by atoms with E-state index < -0.39 is 17.5 Å². The SMILES string of the molecule is COC(=O)c1cc(O)cc(O)c1O. The van der Waals surface area contributed by atoms with Crippen LogP contribution in [0.5, 0.6) is 17.2 Å². The smallest absolute Gasteiger partial charge is 0.341 e. The average molecular weight is 184 g/mol. The molecule has 0 aliphatic carbocycles. The standard InChI is InChI=1S/C8H8O5/c1-13-8(12)5-2-4(9)3-6(10)7(5)11/h2-3,9-11H,1H3. The molecule has 0 aliphatic heterocycles. The highest BCUT2D eigenvalue weighted by molar-refractivity contribution is 5.93. The second kappa shape index (κ2) is 3.22. The first-order valence-electron chi connectivity index (χ1n) is 3.39. The monoisotopic (exact) mass is 184 g/mol. The number of carbonyl (C=O) groups excluding carboxylic acids is 1. The van der Waals surface area contributed by atoms with E-state index in [0.717, 1.165) is 19.2 Å². The van der Waals surface area contributed by atoms with Gasteiger partial charge in [-0.1, -0.05) is 0 Å². The lowest BCUT2D eigenvalue weighted by molar-refractivity contribution is 0.0596. The maximum Gasteiger partial charge on any atom is 0.341 e. The zero-order chi connectivity index (χ0) is 10.0. The number of hydrogen-bond donors (Lipinski definition) is 3. The maximum absolute atomic E-state index is 10.9.